The van der Waals surface area contributed by atoms with Crippen LogP contribution in [-0.2, 0) is 44.4 Å². The van der Waals surface area contributed by atoms with Gasteiger partial charge in [0.1, 0.15) is 27.0 Å². The van der Waals surface area contributed by atoms with E-state index < -0.39 is 37.7 Å². The van der Waals surface area contributed by atoms with Crippen LogP contribution >= 0.6 is 11.3 Å². The maximum Gasteiger partial charge on any atom is 0.287 e. The van der Waals surface area contributed by atoms with E-state index in [-0.39, 0.29) is 52.3 Å². The monoisotopic (exact) mass is 604 g/mol. The fourth-order valence-corrected chi connectivity index (χ4v) is 7.65. The predicted octanol–water partition coefficient (Wildman–Crippen LogP) is 3.16. The predicted molar refractivity (Wildman–Crippen MR) is 149 cm³/mol. The molecule has 10 nitrogen and oxygen atoms in total. The number of thiophene rings is 1. The van der Waals surface area contributed by atoms with Crippen molar-refractivity contribution in [3.63, 3.8) is 0 Å². The van der Waals surface area contributed by atoms with Gasteiger partial charge in [0.05, 0.1) is 6.26 Å². The molecule has 0 aliphatic carbocycles. The van der Waals surface area contributed by atoms with E-state index in [1.54, 1.807) is 12.1 Å². The summed E-state index contributed by atoms with van der Waals surface area (Å²) < 4.78 is 69.2. The lowest BCUT2D eigenvalue weighted by Gasteiger charge is -2.34. The largest absolute Gasteiger partial charge is 0.511 e. The van der Waals surface area contributed by atoms with E-state index in [1.807, 2.05) is 30.3 Å². The third-order valence-electron chi connectivity index (χ3n) is 6.48. The molecule has 1 atom stereocenters. The Bertz CT molecular complexity index is 1730. The molecular formula is C26H25FN4O6S3. The van der Waals surface area contributed by atoms with Gasteiger partial charge in [0.15, 0.2) is 5.84 Å². The molecule has 210 valence electrons. The second-order valence-corrected chi connectivity index (χ2v) is 13.8. The third-order valence-corrected chi connectivity index (χ3v) is 9.62. The van der Waals surface area contributed by atoms with E-state index in [0.717, 1.165) is 23.2 Å². The van der Waals surface area contributed by atoms with Crippen molar-refractivity contribution >= 4 is 48.1 Å². The van der Waals surface area contributed by atoms with E-state index in [9.17, 15) is 31.1 Å². The molecule has 3 aromatic rings. The average molecular weight is 605 g/mol. The average Bonchev–Trinajstić information content (AvgIpc) is 3.31. The van der Waals surface area contributed by atoms with Crippen LogP contribution in [0.1, 0.15) is 16.7 Å². The highest BCUT2D eigenvalue weighted by molar-refractivity contribution is 7.91. The van der Waals surface area contributed by atoms with Crippen molar-refractivity contribution < 1.29 is 31.1 Å². The Hall–Kier alpha value is -3.59. The number of rotatable bonds is 8. The maximum absolute atomic E-state index is 13.7. The molecule has 1 aromatic heterocycles. The second-order valence-electron chi connectivity index (χ2n) is 9.51. The number of carbonyl (C=O) groups is 1. The summed E-state index contributed by atoms with van der Waals surface area (Å²) in [4.78, 5) is 15.0. The Labute approximate surface area is 235 Å². The maximum atomic E-state index is 13.7. The first kappa shape index (κ1) is 28.0. The van der Waals surface area contributed by atoms with Crippen molar-refractivity contribution in [1.82, 2.24) is 9.62 Å². The highest BCUT2D eigenvalue weighted by Crippen LogP contribution is 2.39. The van der Waals surface area contributed by atoms with Crippen LogP contribution in [0, 0.1) is 11.7 Å². The zero-order valence-electron chi connectivity index (χ0n) is 21.2. The van der Waals surface area contributed by atoms with Gasteiger partial charge in [-0.3, -0.25) is 4.79 Å². The number of aliphatic hydroxyl groups is 1. The van der Waals surface area contributed by atoms with Gasteiger partial charge in [-0.2, -0.15) is 8.42 Å². The van der Waals surface area contributed by atoms with Gasteiger partial charge < -0.3 is 15.3 Å². The molecule has 1 amide bonds. The fraction of sp³-hybridized carbons (Fsp3) is 0.231. The molecule has 2 aromatic carbocycles. The minimum Gasteiger partial charge on any atom is -0.511 e. The Morgan fingerprint density at radius 2 is 1.85 bits per heavy atom. The molecule has 1 unspecified atom stereocenters. The summed E-state index contributed by atoms with van der Waals surface area (Å²) in [6.45, 7) is -0.00723. The van der Waals surface area contributed by atoms with Crippen LogP contribution in [0.5, 0.6) is 0 Å². The van der Waals surface area contributed by atoms with Crippen molar-refractivity contribution in [2.24, 2.45) is 10.3 Å². The first-order valence-electron chi connectivity index (χ1n) is 12.1. The zero-order chi connectivity index (χ0) is 28.7. The Morgan fingerprint density at radius 3 is 2.52 bits per heavy atom. The highest BCUT2D eigenvalue weighted by atomic mass is 32.2. The van der Waals surface area contributed by atoms with Gasteiger partial charge in [0.2, 0.25) is 10.0 Å². The number of amides is 1. The molecule has 3 N–H and O–H groups in total. The molecular weight excluding hydrogens is 580 g/mol. The third kappa shape index (κ3) is 5.94. The summed E-state index contributed by atoms with van der Waals surface area (Å²) in [5, 5.41) is 15.8. The Kier molecular flexibility index (Phi) is 7.52. The van der Waals surface area contributed by atoms with Crippen molar-refractivity contribution in [1.29, 1.82) is 0 Å². The number of benzene rings is 2. The first-order chi connectivity index (χ1) is 18.9. The van der Waals surface area contributed by atoms with Crippen molar-refractivity contribution in [2.75, 3.05) is 18.1 Å². The lowest BCUT2D eigenvalue weighted by atomic mass is 9.89. The quantitative estimate of drug-likeness (QED) is 0.358. The van der Waals surface area contributed by atoms with Gasteiger partial charge >= 0.3 is 0 Å². The van der Waals surface area contributed by atoms with Gasteiger partial charge in [-0.1, -0.05) is 42.5 Å². The van der Waals surface area contributed by atoms with E-state index in [1.165, 1.54) is 22.4 Å². The minimum atomic E-state index is -4.36. The second kappa shape index (κ2) is 10.8. The van der Waals surface area contributed by atoms with Crippen LogP contribution in [0.15, 0.2) is 80.6 Å². The highest BCUT2D eigenvalue weighted by Gasteiger charge is 2.40. The number of halogens is 1. The van der Waals surface area contributed by atoms with Crippen LogP contribution in [0.3, 0.4) is 0 Å². The number of aliphatic hydroxyl groups excluding tert-OH is 1. The van der Waals surface area contributed by atoms with Gasteiger partial charge in [0.25, 0.3) is 15.9 Å². The standard InChI is InChI=1S/C26H25FN4O6S3/c1-39(34,35)28-12-19-15-38-25-23(19)40(36,37)30-24(29-25)21-22(32)18(11-16-5-3-2-4-6-16)14-31(26(21)33)13-17-7-9-20(27)10-8-17/h2-10,15,18,28,32H,11-14H2,1H3,(H,29,30). The van der Waals surface area contributed by atoms with Gasteiger partial charge in [-0.15, -0.1) is 15.7 Å². The van der Waals surface area contributed by atoms with Crippen molar-refractivity contribution in [3.8, 4) is 0 Å². The Morgan fingerprint density at radius 1 is 1.15 bits per heavy atom. The van der Waals surface area contributed by atoms with Crippen LogP contribution in [-0.4, -0.2) is 51.4 Å². The SMILES string of the molecule is CS(=O)(=O)NCc1csc2c1S(=O)(=O)N=C(C1=C(O)C(Cc3ccccc3)CN(Cc3ccc(F)cc3)C1=O)N2. The molecule has 0 bridgehead atoms. The van der Waals surface area contributed by atoms with E-state index in [2.05, 4.69) is 14.4 Å². The van der Waals surface area contributed by atoms with Gasteiger partial charge in [-0.25, -0.2) is 17.5 Å². The molecule has 0 spiro atoms. The summed E-state index contributed by atoms with van der Waals surface area (Å²) in [6, 6.07) is 15.0. The smallest absolute Gasteiger partial charge is 0.287 e. The summed E-state index contributed by atoms with van der Waals surface area (Å²) in [5.74, 6) is -2.22. The number of hydrogen-bond acceptors (Lipinski definition) is 8. The van der Waals surface area contributed by atoms with Crippen LogP contribution < -0.4 is 10.0 Å². The van der Waals surface area contributed by atoms with Crippen molar-refractivity contribution in [3.05, 3.63) is 93.8 Å². The summed E-state index contributed by atoms with van der Waals surface area (Å²) in [7, 11) is -7.94. The van der Waals surface area contributed by atoms with Crippen molar-refractivity contribution in [2.45, 2.75) is 24.4 Å². The molecule has 0 saturated heterocycles. The molecule has 5 rings (SSSR count). The van der Waals surface area contributed by atoms with Crippen LogP contribution in [0.4, 0.5) is 9.39 Å². The molecule has 0 radical (unpaired) electrons. The summed E-state index contributed by atoms with van der Waals surface area (Å²) in [6.07, 6.45) is 1.33. The first-order valence-corrected chi connectivity index (χ1v) is 16.3. The lowest BCUT2D eigenvalue weighted by Crippen LogP contribution is -2.45. The summed E-state index contributed by atoms with van der Waals surface area (Å²) >= 11 is 1.01. The molecule has 2 aliphatic heterocycles. The number of anilines is 1. The normalized spacial score (nSPS) is 18.8. The van der Waals surface area contributed by atoms with E-state index in [4.69, 9.17) is 0 Å². The molecule has 2 aliphatic rings. The number of nitrogens with one attached hydrogen (secondary N) is 2. The number of nitrogens with zero attached hydrogens (tertiary/aromatic N) is 2. The number of hydrogen-bond donors (Lipinski definition) is 3. The summed E-state index contributed by atoms with van der Waals surface area (Å²) in [5.41, 5.74) is 1.49. The van der Waals surface area contributed by atoms with Crippen LogP contribution in [0.25, 0.3) is 0 Å². The molecule has 40 heavy (non-hydrogen) atoms. The lowest BCUT2D eigenvalue weighted by molar-refractivity contribution is -0.129. The zero-order valence-corrected chi connectivity index (χ0v) is 23.6. The van der Waals surface area contributed by atoms with Gasteiger partial charge in [0, 0.05) is 31.1 Å². The number of fused-ring (bicyclic) bond motifs is 1. The fourth-order valence-electron chi connectivity index (χ4n) is 4.62. The number of carbonyl (C=O) groups excluding carboxylic acids is 1. The Balaban J connectivity index is 1.52. The topological polar surface area (TPSA) is 145 Å². The molecule has 0 fully saturated rings. The van der Waals surface area contributed by atoms with E-state index in [0.29, 0.717) is 12.0 Å². The minimum absolute atomic E-state index is 0.104. The van der Waals surface area contributed by atoms with E-state index >= 15 is 0 Å². The number of amidine groups is 1. The number of sulfonamides is 2. The molecule has 3 heterocycles. The molecule has 0 saturated carbocycles. The van der Waals surface area contributed by atoms with Gasteiger partial charge in [-0.05, 0) is 35.1 Å². The molecule has 14 heteroatoms. The van der Waals surface area contributed by atoms with Crippen LogP contribution in [0.2, 0.25) is 0 Å².